The van der Waals surface area contributed by atoms with Gasteiger partial charge in [-0.25, -0.2) is 0 Å². The fourth-order valence-corrected chi connectivity index (χ4v) is 4.81. The maximum Gasteiger partial charge on any atom is 0.135 e. The second-order valence-corrected chi connectivity index (χ2v) is 8.24. The summed E-state index contributed by atoms with van der Waals surface area (Å²) in [4.78, 5) is 0. The molecule has 1 aromatic heterocycles. The molecule has 7 rings (SSSR count). The number of hydrogen-bond donors (Lipinski definition) is 0. The summed E-state index contributed by atoms with van der Waals surface area (Å²) in [5.74, 6) is 0.638. The Morgan fingerprint density at radius 1 is 0.486 bits per heavy atom. The Hall–Kier alpha value is -4.62. The molecular formula is C34H22O. The summed E-state index contributed by atoms with van der Waals surface area (Å²) in [6, 6.07) is 20.1. The molecule has 0 saturated carbocycles. The third kappa shape index (κ3) is 3.17. The monoisotopic (exact) mass is 455 g/mol. The molecule has 0 bridgehead atoms. The van der Waals surface area contributed by atoms with Crippen LogP contribution in [0.5, 0.6) is 0 Å². The first-order valence-electron chi connectivity index (χ1n) is 15.7. The van der Waals surface area contributed by atoms with Crippen LogP contribution in [-0.2, 0) is 0 Å². The molecule has 0 spiro atoms. The predicted molar refractivity (Wildman–Crippen MR) is 148 cm³/mol. The Balaban J connectivity index is 1.72. The van der Waals surface area contributed by atoms with Gasteiger partial charge in [-0.2, -0.15) is 0 Å². The molecule has 1 heteroatoms. The Morgan fingerprint density at radius 3 is 1.91 bits per heavy atom. The molecule has 0 aliphatic heterocycles. The van der Waals surface area contributed by atoms with Gasteiger partial charge in [0.1, 0.15) is 11.3 Å². The van der Waals surface area contributed by atoms with Crippen molar-refractivity contribution < 1.29 is 16.8 Å². The topological polar surface area (TPSA) is 13.1 Å². The maximum atomic E-state index is 9.11. The SMILES string of the molecule is [2H]c1c([2H])c([2H])c(-c2c3ccccc3c(-c3cccc4oc(-c5ccccc5)cc34)c3c([2H])c([2H])c([2H])c([2H])c23)c([2H])c1[2H]. The number of benzene rings is 6. The molecule has 0 atom stereocenters. The van der Waals surface area contributed by atoms with Crippen LogP contribution in [0.15, 0.2) is 138 Å². The molecule has 0 unspecified atom stereocenters. The zero-order chi connectivity index (χ0) is 31.0. The quantitative estimate of drug-likeness (QED) is 0.242. The van der Waals surface area contributed by atoms with E-state index >= 15 is 0 Å². The average molecular weight is 456 g/mol. The van der Waals surface area contributed by atoms with Gasteiger partial charge < -0.3 is 4.42 Å². The van der Waals surface area contributed by atoms with Crippen LogP contribution in [0.3, 0.4) is 0 Å². The van der Waals surface area contributed by atoms with Crippen LogP contribution in [-0.4, -0.2) is 0 Å². The minimum absolute atomic E-state index is 0.0759. The lowest BCUT2D eigenvalue weighted by Gasteiger charge is -2.18. The lowest BCUT2D eigenvalue weighted by Crippen LogP contribution is -1.90. The first-order chi connectivity index (χ1) is 21.1. The molecule has 0 aliphatic carbocycles. The molecule has 0 radical (unpaired) electrons. The van der Waals surface area contributed by atoms with E-state index < -0.39 is 42.3 Å². The summed E-state index contributed by atoms with van der Waals surface area (Å²) < 4.78 is 83.9. The minimum Gasteiger partial charge on any atom is -0.456 e. The molecule has 35 heavy (non-hydrogen) atoms. The van der Waals surface area contributed by atoms with Gasteiger partial charge in [-0.05, 0) is 55.9 Å². The lowest BCUT2D eigenvalue weighted by molar-refractivity contribution is 0.631. The fourth-order valence-electron chi connectivity index (χ4n) is 4.81. The molecule has 0 aliphatic rings. The molecule has 0 N–H and O–H groups in total. The summed E-state index contributed by atoms with van der Waals surface area (Å²) in [5, 5.41) is 2.09. The highest BCUT2D eigenvalue weighted by atomic mass is 16.3. The maximum absolute atomic E-state index is 9.11. The van der Waals surface area contributed by atoms with Gasteiger partial charge >= 0.3 is 0 Å². The second kappa shape index (κ2) is 8.00. The van der Waals surface area contributed by atoms with Crippen molar-refractivity contribution in [3.8, 4) is 33.6 Å². The van der Waals surface area contributed by atoms with Crippen LogP contribution in [0.25, 0.3) is 66.1 Å². The number of rotatable bonds is 3. The van der Waals surface area contributed by atoms with Crippen molar-refractivity contribution in [3.63, 3.8) is 0 Å². The van der Waals surface area contributed by atoms with Crippen molar-refractivity contribution in [2.45, 2.75) is 0 Å². The lowest BCUT2D eigenvalue weighted by atomic mass is 9.85. The van der Waals surface area contributed by atoms with Gasteiger partial charge in [-0.3, -0.25) is 0 Å². The van der Waals surface area contributed by atoms with Crippen molar-refractivity contribution >= 4 is 32.5 Å². The second-order valence-electron chi connectivity index (χ2n) is 8.24. The van der Waals surface area contributed by atoms with Gasteiger partial charge in [0.05, 0.1) is 12.3 Å². The molecule has 6 aromatic carbocycles. The van der Waals surface area contributed by atoms with Gasteiger partial charge in [0, 0.05) is 10.9 Å². The number of hydrogen-bond acceptors (Lipinski definition) is 1. The van der Waals surface area contributed by atoms with Crippen molar-refractivity contribution in [3.05, 3.63) is 133 Å². The van der Waals surface area contributed by atoms with Gasteiger partial charge in [-0.1, -0.05) is 121 Å². The van der Waals surface area contributed by atoms with Gasteiger partial charge in [0.2, 0.25) is 0 Å². The van der Waals surface area contributed by atoms with E-state index in [1.54, 1.807) is 18.2 Å². The molecule has 0 amide bonds. The van der Waals surface area contributed by atoms with E-state index in [1.165, 1.54) is 0 Å². The standard InChI is InChI=1S/C34H22O/c1-3-12-23(13-4-1)32-22-30-29(20-11-21-31(30)35-32)34-27-18-9-7-16-25(27)33(24-14-5-2-6-15-24)26-17-8-10-19-28(26)34/h1-22H/i2D,5D,6D,7D,9D,14D,15D,16D,18D. The Kier molecular flexibility index (Phi) is 2.91. The van der Waals surface area contributed by atoms with E-state index in [0.717, 1.165) is 10.9 Å². The third-order valence-corrected chi connectivity index (χ3v) is 6.29. The van der Waals surface area contributed by atoms with E-state index in [0.29, 0.717) is 33.2 Å². The zero-order valence-electron chi connectivity index (χ0n) is 27.4. The number of furan rings is 1. The average Bonchev–Trinajstić information content (AvgIpc) is 3.49. The largest absolute Gasteiger partial charge is 0.456 e. The molecule has 0 fully saturated rings. The van der Waals surface area contributed by atoms with Crippen LogP contribution < -0.4 is 0 Å². The molecule has 7 aromatic rings. The van der Waals surface area contributed by atoms with Gasteiger partial charge in [0.15, 0.2) is 0 Å². The van der Waals surface area contributed by atoms with Crippen LogP contribution >= 0.6 is 0 Å². The molecule has 164 valence electrons. The molecule has 1 nitrogen and oxygen atoms in total. The highest BCUT2D eigenvalue weighted by Crippen LogP contribution is 2.45. The Labute approximate surface area is 216 Å². The van der Waals surface area contributed by atoms with Crippen molar-refractivity contribution in [2.24, 2.45) is 0 Å². The van der Waals surface area contributed by atoms with Crippen LogP contribution in [0.4, 0.5) is 0 Å². The summed E-state index contributed by atoms with van der Waals surface area (Å²) in [6.07, 6.45) is 0. The minimum atomic E-state index is -0.545. The molecular weight excluding hydrogens is 424 g/mol. The van der Waals surface area contributed by atoms with E-state index in [4.69, 9.17) is 16.8 Å². The van der Waals surface area contributed by atoms with Crippen molar-refractivity contribution in [1.82, 2.24) is 0 Å². The van der Waals surface area contributed by atoms with Crippen LogP contribution in [0.1, 0.15) is 12.3 Å². The predicted octanol–water partition coefficient (Wildman–Crippen LogP) is 9.74. The van der Waals surface area contributed by atoms with Crippen molar-refractivity contribution in [2.75, 3.05) is 0 Å². The van der Waals surface area contributed by atoms with E-state index in [1.807, 2.05) is 60.7 Å². The van der Waals surface area contributed by atoms with Crippen molar-refractivity contribution in [1.29, 1.82) is 0 Å². The van der Waals surface area contributed by atoms with E-state index in [2.05, 4.69) is 0 Å². The first-order valence-corrected chi connectivity index (χ1v) is 11.2. The van der Waals surface area contributed by atoms with Crippen LogP contribution in [0.2, 0.25) is 0 Å². The van der Waals surface area contributed by atoms with E-state index in [-0.39, 0.29) is 34.0 Å². The Morgan fingerprint density at radius 2 is 1.14 bits per heavy atom. The number of fused-ring (bicyclic) bond motifs is 3. The fraction of sp³-hybridized carbons (Fsp3) is 0. The van der Waals surface area contributed by atoms with Gasteiger partial charge in [-0.15, -0.1) is 0 Å². The highest BCUT2D eigenvalue weighted by molar-refractivity contribution is 6.23. The third-order valence-electron chi connectivity index (χ3n) is 6.29. The Bertz CT molecular complexity index is 2300. The smallest absolute Gasteiger partial charge is 0.135 e. The van der Waals surface area contributed by atoms with E-state index in [9.17, 15) is 0 Å². The van der Waals surface area contributed by atoms with Gasteiger partial charge in [0.25, 0.3) is 0 Å². The summed E-state index contributed by atoms with van der Waals surface area (Å²) >= 11 is 0. The first kappa shape index (κ1) is 12.7. The molecule has 0 saturated heterocycles. The normalized spacial score (nSPS) is 15.0. The summed E-state index contributed by atoms with van der Waals surface area (Å²) in [6.45, 7) is 0. The van der Waals surface area contributed by atoms with Crippen LogP contribution in [0, 0.1) is 0 Å². The zero-order valence-corrected chi connectivity index (χ0v) is 18.4. The summed E-state index contributed by atoms with van der Waals surface area (Å²) in [7, 11) is 0. The molecule has 1 heterocycles. The summed E-state index contributed by atoms with van der Waals surface area (Å²) in [5.41, 5.74) is 2.71. The highest BCUT2D eigenvalue weighted by Gasteiger charge is 2.19.